The van der Waals surface area contributed by atoms with Gasteiger partial charge in [0.25, 0.3) is 5.91 Å². The van der Waals surface area contributed by atoms with E-state index in [0.29, 0.717) is 25.9 Å². The molecule has 172 valence electrons. The van der Waals surface area contributed by atoms with Crippen LogP contribution in [0.5, 0.6) is 11.5 Å². The van der Waals surface area contributed by atoms with E-state index in [-0.39, 0.29) is 24.5 Å². The van der Waals surface area contributed by atoms with Crippen LogP contribution in [-0.2, 0) is 11.2 Å². The third-order valence-electron chi connectivity index (χ3n) is 7.08. The number of carbonyl (C=O) groups excluding carboxylic acids is 2. The van der Waals surface area contributed by atoms with Crippen LogP contribution < -0.4 is 15.2 Å². The van der Waals surface area contributed by atoms with Crippen LogP contribution >= 0.6 is 0 Å². The minimum absolute atomic E-state index is 0.0158. The molecule has 2 amide bonds. The van der Waals surface area contributed by atoms with E-state index in [1.807, 2.05) is 47.4 Å². The quantitative estimate of drug-likeness (QED) is 0.649. The topological polar surface area (TPSA) is 94.8 Å². The molecule has 7 heteroatoms. The van der Waals surface area contributed by atoms with E-state index < -0.39 is 0 Å². The fourth-order valence-electron chi connectivity index (χ4n) is 5.25. The van der Waals surface area contributed by atoms with Crippen molar-refractivity contribution in [2.45, 2.75) is 25.7 Å². The van der Waals surface area contributed by atoms with Crippen molar-refractivity contribution < 1.29 is 19.1 Å². The van der Waals surface area contributed by atoms with Crippen LogP contribution in [0.1, 0.15) is 46.4 Å². The maximum absolute atomic E-state index is 13.8. The van der Waals surface area contributed by atoms with Crippen molar-refractivity contribution in [2.24, 2.45) is 11.7 Å². The Balaban J connectivity index is 1.40. The molecule has 3 aromatic rings. The van der Waals surface area contributed by atoms with Gasteiger partial charge < -0.3 is 20.1 Å². The molecule has 0 spiro atoms. The van der Waals surface area contributed by atoms with Gasteiger partial charge in [-0.2, -0.15) is 0 Å². The first-order valence-corrected chi connectivity index (χ1v) is 11.7. The molecule has 1 aromatic heterocycles. The van der Waals surface area contributed by atoms with E-state index in [2.05, 4.69) is 6.08 Å². The third-order valence-corrected chi connectivity index (χ3v) is 7.08. The van der Waals surface area contributed by atoms with Gasteiger partial charge in [-0.25, -0.2) is 4.98 Å². The monoisotopic (exact) mass is 455 g/mol. The van der Waals surface area contributed by atoms with Crippen molar-refractivity contribution in [3.8, 4) is 11.5 Å². The molecule has 0 atom stereocenters. The Morgan fingerprint density at radius 3 is 2.65 bits per heavy atom. The Labute approximate surface area is 197 Å². The van der Waals surface area contributed by atoms with Crippen molar-refractivity contribution in [3.63, 3.8) is 0 Å². The molecule has 3 heterocycles. The average molecular weight is 456 g/mol. The van der Waals surface area contributed by atoms with E-state index in [0.717, 1.165) is 63.2 Å². The number of hydrogen-bond donors (Lipinski definition) is 1. The molecule has 0 unspecified atom stereocenters. The number of likely N-dealkylation sites (tertiary alicyclic amines) is 1. The van der Waals surface area contributed by atoms with Crippen LogP contribution in [-0.4, -0.2) is 41.6 Å². The average Bonchev–Trinajstić information content (AvgIpc) is 3.49. The molecule has 0 bridgehead atoms. The van der Waals surface area contributed by atoms with Crippen molar-refractivity contribution in [1.29, 1.82) is 0 Å². The van der Waals surface area contributed by atoms with Gasteiger partial charge in [-0.05, 0) is 66.7 Å². The Bertz CT molecular complexity index is 1360. The van der Waals surface area contributed by atoms with Gasteiger partial charge in [-0.15, -0.1) is 0 Å². The molecule has 2 aromatic carbocycles. The van der Waals surface area contributed by atoms with Gasteiger partial charge >= 0.3 is 0 Å². The zero-order chi connectivity index (χ0) is 23.2. The van der Waals surface area contributed by atoms with Crippen LogP contribution in [0, 0.1) is 5.92 Å². The fraction of sp³-hybridized carbons (Fsp3) is 0.296. The number of aromatic nitrogens is 1. The first-order valence-electron chi connectivity index (χ1n) is 11.7. The summed E-state index contributed by atoms with van der Waals surface area (Å²) in [4.78, 5) is 32.2. The van der Waals surface area contributed by atoms with Crippen LogP contribution in [0.2, 0.25) is 0 Å². The van der Waals surface area contributed by atoms with Gasteiger partial charge in [0.15, 0.2) is 11.5 Å². The SMILES string of the molecule is NC(=O)C1CCN(C(=O)c2c3c(nc4ccccc24)C(=Cc2ccc4c(c2)OCO4)CC3)CC1. The first-order chi connectivity index (χ1) is 16.6. The second-order valence-corrected chi connectivity index (χ2v) is 9.08. The standard InChI is InChI=1S/C27H25N3O4/c28-26(31)17-9-11-30(12-10-17)27(32)24-19-3-1-2-4-21(19)29-25-18(6-7-20(24)25)13-16-5-8-22-23(14-16)34-15-33-22/h1-5,8,13-14,17H,6-7,9-12,15H2,(H2,28,31). The summed E-state index contributed by atoms with van der Waals surface area (Å²) in [5.74, 6) is 1.09. The van der Waals surface area contributed by atoms with Gasteiger partial charge in [0.2, 0.25) is 12.7 Å². The number of nitrogens with two attached hydrogens (primary N) is 1. The van der Waals surface area contributed by atoms with Crippen LogP contribution in [0.4, 0.5) is 0 Å². The summed E-state index contributed by atoms with van der Waals surface area (Å²) in [6.07, 6.45) is 4.94. The van der Waals surface area contributed by atoms with Crippen molar-refractivity contribution in [2.75, 3.05) is 19.9 Å². The Morgan fingerprint density at radius 2 is 1.82 bits per heavy atom. The highest BCUT2D eigenvalue weighted by Crippen LogP contribution is 2.39. The summed E-state index contributed by atoms with van der Waals surface area (Å²) in [7, 11) is 0. The Kier molecular flexibility index (Phi) is 4.98. The van der Waals surface area contributed by atoms with Crippen molar-refractivity contribution in [3.05, 3.63) is 64.8 Å². The van der Waals surface area contributed by atoms with E-state index in [4.69, 9.17) is 20.2 Å². The zero-order valence-electron chi connectivity index (χ0n) is 18.8. The van der Waals surface area contributed by atoms with Gasteiger partial charge in [0.05, 0.1) is 16.8 Å². The molecular weight excluding hydrogens is 430 g/mol. The third kappa shape index (κ3) is 3.48. The number of pyridine rings is 1. The molecule has 7 nitrogen and oxygen atoms in total. The first kappa shape index (κ1) is 20.7. The molecule has 2 aliphatic heterocycles. The van der Waals surface area contributed by atoms with E-state index in [1.165, 1.54) is 0 Å². The van der Waals surface area contributed by atoms with Gasteiger partial charge in [0, 0.05) is 24.4 Å². The number of ether oxygens (including phenoxy) is 2. The molecule has 0 saturated carbocycles. The molecule has 6 rings (SSSR count). The Morgan fingerprint density at radius 1 is 1.03 bits per heavy atom. The number of nitrogens with zero attached hydrogens (tertiary/aromatic N) is 2. The number of rotatable bonds is 3. The molecule has 1 saturated heterocycles. The normalized spacial score (nSPS) is 18.5. The predicted octanol–water partition coefficient (Wildman–Crippen LogP) is 3.79. The lowest BCUT2D eigenvalue weighted by molar-refractivity contribution is -0.123. The van der Waals surface area contributed by atoms with E-state index in [9.17, 15) is 9.59 Å². The lowest BCUT2D eigenvalue weighted by Gasteiger charge is -2.31. The highest BCUT2D eigenvalue weighted by molar-refractivity contribution is 6.09. The number of piperidine rings is 1. The summed E-state index contributed by atoms with van der Waals surface area (Å²) in [6, 6.07) is 13.7. The van der Waals surface area contributed by atoms with E-state index >= 15 is 0 Å². The second kappa shape index (κ2) is 8.17. The zero-order valence-corrected chi connectivity index (χ0v) is 18.8. The summed E-state index contributed by atoms with van der Waals surface area (Å²) in [5.41, 5.74) is 11.1. The number of allylic oxidation sites excluding steroid dienone is 1. The molecule has 34 heavy (non-hydrogen) atoms. The largest absolute Gasteiger partial charge is 0.454 e. The highest BCUT2D eigenvalue weighted by atomic mass is 16.7. The highest BCUT2D eigenvalue weighted by Gasteiger charge is 2.32. The van der Waals surface area contributed by atoms with Crippen LogP contribution in [0.3, 0.4) is 0 Å². The Hall–Kier alpha value is -3.87. The second-order valence-electron chi connectivity index (χ2n) is 9.08. The number of hydrogen-bond acceptors (Lipinski definition) is 5. The summed E-state index contributed by atoms with van der Waals surface area (Å²) >= 11 is 0. The molecule has 1 aliphatic carbocycles. The lowest BCUT2D eigenvalue weighted by atomic mass is 9.94. The number of carbonyl (C=O) groups is 2. The number of para-hydroxylation sites is 1. The number of amides is 2. The molecule has 3 aliphatic rings. The minimum Gasteiger partial charge on any atom is -0.454 e. The molecule has 2 N–H and O–H groups in total. The molecule has 1 fully saturated rings. The van der Waals surface area contributed by atoms with Crippen LogP contribution in [0.25, 0.3) is 22.6 Å². The van der Waals surface area contributed by atoms with Gasteiger partial charge in [0.1, 0.15) is 0 Å². The molecule has 0 radical (unpaired) electrons. The maximum Gasteiger partial charge on any atom is 0.254 e. The van der Waals surface area contributed by atoms with Crippen molar-refractivity contribution >= 4 is 34.4 Å². The number of fused-ring (bicyclic) bond motifs is 3. The van der Waals surface area contributed by atoms with Gasteiger partial charge in [-0.1, -0.05) is 24.3 Å². The van der Waals surface area contributed by atoms with Crippen molar-refractivity contribution in [1.82, 2.24) is 9.88 Å². The fourth-order valence-corrected chi connectivity index (χ4v) is 5.25. The van der Waals surface area contributed by atoms with Gasteiger partial charge in [-0.3, -0.25) is 9.59 Å². The lowest BCUT2D eigenvalue weighted by Crippen LogP contribution is -2.42. The molecular formula is C27H25N3O4. The predicted molar refractivity (Wildman–Crippen MR) is 128 cm³/mol. The summed E-state index contributed by atoms with van der Waals surface area (Å²) in [6.45, 7) is 1.32. The summed E-state index contributed by atoms with van der Waals surface area (Å²) < 4.78 is 10.9. The maximum atomic E-state index is 13.8. The smallest absolute Gasteiger partial charge is 0.254 e. The number of benzene rings is 2. The van der Waals surface area contributed by atoms with E-state index in [1.54, 1.807) is 0 Å². The summed E-state index contributed by atoms with van der Waals surface area (Å²) in [5, 5.41) is 0.882. The number of primary amides is 1. The minimum atomic E-state index is -0.277. The van der Waals surface area contributed by atoms with Crippen LogP contribution in [0.15, 0.2) is 42.5 Å².